The molecule has 0 aromatic carbocycles. The van der Waals surface area contributed by atoms with Gasteiger partial charge in [0.05, 0.1) is 40.3 Å². The summed E-state index contributed by atoms with van der Waals surface area (Å²) in [6.45, 7) is 4.63. The minimum absolute atomic E-state index is 0.140. The molecule has 0 N–H and O–H groups in total. The molecule has 0 aliphatic carbocycles. The molecule has 0 bridgehead atoms. The summed E-state index contributed by atoms with van der Waals surface area (Å²) in [5, 5.41) is 11.8. The van der Waals surface area contributed by atoms with Gasteiger partial charge in [0.25, 0.3) is 0 Å². The fraction of sp³-hybridized carbons (Fsp3) is 0.744. The molecule has 9 heteroatoms. The van der Waals surface area contributed by atoms with Crippen molar-refractivity contribution in [3.05, 3.63) is 109 Å². The number of esters is 2. The molecule has 2 unspecified atom stereocenters. The van der Waals surface area contributed by atoms with Crippen molar-refractivity contribution in [1.82, 2.24) is 0 Å². The number of nitrogens with zero attached hydrogens (tertiary/aromatic N) is 1. The smallest absolute Gasteiger partial charge is 0.306 e. The molecule has 0 heterocycles. The molecule has 0 aliphatic heterocycles. The Balaban J connectivity index is 4.04. The van der Waals surface area contributed by atoms with Crippen LogP contribution < -0.4 is 5.11 Å². The van der Waals surface area contributed by atoms with E-state index in [-0.39, 0.29) is 38.6 Å². The van der Waals surface area contributed by atoms with Crippen LogP contribution in [0.25, 0.3) is 0 Å². The molecule has 0 saturated carbocycles. The van der Waals surface area contributed by atoms with Crippen LogP contribution in [-0.4, -0.2) is 82.3 Å². The molecule has 0 amide bonds. The number of allylic oxidation sites excluding steroid dienone is 18. The van der Waals surface area contributed by atoms with Gasteiger partial charge < -0.3 is 33.3 Å². The van der Waals surface area contributed by atoms with Gasteiger partial charge in [-0.05, 0) is 103 Å². The van der Waals surface area contributed by atoms with Gasteiger partial charge in [0.15, 0.2) is 12.4 Å². The Bertz CT molecular complexity index is 1870. The van der Waals surface area contributed by atoms with E-state index in [4.69, 9.17) is 18.9 Å². The molecule has 0 aromatic rings. The number of hydrogen-bond donors (Lipinski definition) is 0. The Kier molecular flexibility index (Phi) is 68.6. The van der Waals surface area contributed by atoms with Crippen LogP contribution in [0.1, 0.15) is 335 Å². The number of carboxylic acid groups (broad SMARTS) is 1. The van der Waals surface area contributed by atoms with Gasteiger partial charge in [-0.25, -0.2) is 0 Å². The Hall–Kier alpha value is -4.05. The Morgan fingerprint density at radius 3 is 0.934 bits per heavy atom. The zero-order valence-corrected chi connectivity index (χ0v) is 59.9. The largest absolute Gasteiger partial charge is 0.545 e. The highest BCUT2D eigenvalue weighted by Crippen LogP contribution is 2.18. The van der Waals surface area contributed by atoms with Crippen molar-refractivity contribution in [2.75, 3.05) is 47.5 Å². The molecule has 91 heavy (non-hydrogen) atoms. The average molecular weight is 1270 g/mol. The van der Waals surface area contributed by atoms with E-state index in [9.17, 15) is 19.5 Å². The lowest BCUT2D eigenvalue weighted by atomic mass is 10.0. The lowest BCUT2D eigenvalue weighted by molar-refractivity contribution is -0.870. The molecular formula is C82H143NO8. The van der Waals surface area contributed by atoms with Gasteiger partial charge in [-0.15, -0.1) is 0 Å². The number of ether oxygens (including phenoxy) is 4. The lowest BCUT2D eigenvalue weighted by Crippen LogP contribution is -2.44. The van der Waals surface area contributed by atoms with Crippen molar-refractivity contribution in [1.29, 1.82) is 0 Å². The van der Waals surface area contributed by atoms with E-state index in [1.165, 1.54) is 199 Å². The highest BCUT2D eigenvalue weighted by molar-refractivity contribution is 5.70. The topological polar surface area (TPSA) is 111 Å². The van der Waals surface area contributed by atoms with E-state index >= 15 is 0 Å². The summed E-state index contributed by atoms with van der Waals surface area (Å²) in [5.74, 6) is -2.30. The minimum atomic E-state index is -1.63. The summed E-state index contributed by atoms with van der Waals surface area (Å²) in [5.41, 5.74) is 0. The van der Waals surface area contributed by atoms with Crippen LogP contribution >= 0.6 is 0 Å². The van der Waals surface area contributed by atoms with Crippen molar-refractivity contribution in [3.8, 4) is 0 Å². The first-order chi connectivity index (χ1) is 44.6. The molecular weight excluding hydrogens is 1130 g/mol. The SMILES string of the molecule is CC/C=C\C/C=C\C/C=C\C/C=C\C/C=C\C/C=C\C/C=C\CCCCCCCC(=O)OC(COC(=O)CCCCCCCCCCCCCCCCCCCCCCCCCCCCC/C=C\C/C=C\CCCCCCC)COC(OCC[N+](C)(C)C)C(=O)[O-]. The predicted octanol–water partition coefficient (Wildman–Crippen LogP) is 22.8. The van der Waals surface area contributed by atoms with Gasteiger partial charge in [-0.2, -0.15) is 0 Å². The molecule has 0 spiro atoms. The van der Waals surface area contributed by atoms with Crippen LogP contribution in [-0.2, 0) is 33.3 Å². The Morgan fingerprint density at radius 1 is 0.341 bits per heavy atom. The van der Waals surface area contributed by atoms with Crippen molar-refractivity contribution < 1.29 is 42.9 Å². The molecule has 0 rings (SSSR count). The van der Waals surface area contributed by atoms with Gasteiger partial charge in [0.1, 0.15) is 13.2 Å². The van der Waals surface area contributed by atoms with E-state index < -0.39 is 24.3 Å². The van der Waals surface area contributed by atoms with Gasteiger partial charge in [-0.3, -0.25) is 9.59 Å². The third-order valence-corrected chi connectivity index (χ3v) is 16.5. The maximum atomic E-state index is 12.9. The molecule has 0 saturated heterocycles. The third-order valence-electron chi connectivity index (χ3n) is 16.5. The molecule has 9 nitrogen and oxygen atoms in total. The van der Waals surface area contributed by atoms with Crippen molar-refractivity contribution in [2.24, 2.45) is 0 Å². The normalized spacial score (nSPS) is 13.3. The first-order valence-corrected chi connectivity index (χ1v) is 38.0. The fourth-order valence-corrected chi connectivity index (χ4v) is 10.7. The maximum Gasteiger partial charge on any atom is 0.306 e. The van der Waals surface area contributed by atoms with Crippen molar-refractivity contribution >= 4 is 17.9 Å². The molecule has 0 aliphatic rings. The zero-order valence-electron chi connectivity index (χ0n) is 59.9. The number of carbonyl (C=O) groups excluding carboxylic acids is 3. The standard InChI is InChI=1S/C82H143NO8/c1-6-8-10-12-14-16-18-20-22-24-26-28-30-32-34-35-36-37-38-39-40-41-42-43-44-45-47-48-50-52-54-56-58-60-62-64-66-68-70-72-79(84)89-76-78(77-90-82(81(86)87)88-75-74-83(3,4)5)91-80(85)73-71-69-67-65-63-61-59-57-55-53-51-49-46-33-31-29-27-25-23-21-19-17-15-13-11-9-7-2/h9,11,15,17-18,20-21,23-24,26-27,29,33,46,51,53,57,59,78,82H,6-8,10,12-14,16,19,22,25,28,30-32,34-45,47-50,52,54-56,58,60-77H2,1-5H3/b11-9-,17-15-,20-18-,23-21-,26-24-,29-27-,46-33-,53-51-,59-57-. The number of aliphatic carboxylic acids is 1. The molecule has 524 valence electrons. The van der Waals surface area contributed by atoms with Gasteiger partial charge in [0.2, 0.25) is 0 Å². The van der Waals surface area contributed by atoms with Crippen molar-refractivity contribution in [3.63, 3.8) is 0 Å². The highest BCUT2D eigenvalue weighted by Gasteiger charge is 2.22. The van der Waals surface area contributed by atoms with E-state index in [1.54, 1.807) is 0 Å². The first-order valence-electron chi connectivity index (χ1n) is 38.0. The van der Waals surface area contributed by atoms with Gasteiger partial charge >= 0.3 is 11.9 Å². The van der Waals surface area contributed by atoms with Crippen LogP contribution in [0.3, 0.4) is 0 Å². The number of carbonyl (C=O) groups is 3. The first kappa shape index (κ1) is 87.0. The van der Waals surface area contributed by atoms with Crippen LogP contribution in [0.2, 0.25) is 0 Å². The minimum Gasteiger partial charge on any atom is -0.545 e. The fourth-order valence-electron chi connectivity index (χ4n) is 10.7. The summed E-state index contributed by atoms with van der Waals surface area (Å²) in [6.07, 6.45) is 97.7. The second-order valence-corrected chi connectivity index (χ2v) is 26.6. The number of unbranched alkanes of at least 4 members (excludes halogenated alkanes) is 37. The highest BCUT2D eigenvalue weighted by atomic mass is 16.7. The molecule has 0 fully saturated rings. The molecule has 0 aromatic heterocycles. The number of quaternary nitrogens is 1. The summed E-state index contributed by atoms with van der Waals surface area (Å²) in [4.78, 5) is 37.5. The third kappa shape index (κ3) is 73.2. The summed E-state index contributed by atoms with van der Waals surface area (Å²) in [7, 11) is 5.92. The number of carboxylic acids is 1. The Morgan fingerprint density at radius 2 is 0.626 bits per heavy atom. The lowest BCUT2D eigenvalue weighted by Gasteiger charge is -2.26. The van der Waals surface area contributed by atoms with Crippen LogP contribution in [0.5, 0.6) is 0 Å². The number of rotatable bonds is 70. The second kappa shape index (κ2) is 71.8. The van der Waals surface area contributed by atoms with E-state index in [0.29, 0.717) is 17.4 Å². The maximum absolute atomic E-state index is 12.9. The molecule has 2 atom stereocenters. The number of likely N-dealkylation sites (N-methyl/N-ethyl adjacent to an activating group) is 1. The number of hydrogen-bond acceptors (Lipinski definition) is 8. The van der Waals surface area contributed by atoms with Crippen LogP contribution in [0.4, 0.5) is 0 Å². The molecule has 0 radical (unpaired) electrons. The zero-order chi connectivity index (χ0) is 66.1. The van der Waals surface area contributed by atoms with Crippen LogP contribution in [0.15, 0.2) is 109 Å². The van der Waals surface area contributed by atoms with E-state index in [1.807, 2.05) is 21.1 Å². The monoisotopic (exact) mass is 1270 g/mol. The summed E-state index contributed by atoms with van der Waals surface area (Å²) >= 11 is 0. The van der Waals surface area contributed by atoms with Gasteiger partial charge in [-0.1, -0.05) is 329 Å². The predicted molar refractivity (Wildman–Crippen MR) is 389 cm³/mol. The van der Waals surface area contributed by atoms with E-state index in [2.05, 4.69) is 123 Å². The Labute approximate surface area is 562 Å². The quantitative estimate of drug-likeness (QED) is 0.0195. The van der Waals surface area contributed by atoms with E-state index in [0.717, 1.165) is 103 Å². The summed E-state index contributed by atoms with van der Waals surface area (Å²) < 4.78 is 22.8. The summed E-state index contributed by atoms with van der Waals surface area (Å²) in [6, 6.07) is 0. The second-order valence-electron chi connectivity index (χ2n) is 26.6. The van der Waals surface area contributed by atoms with Gasteiger partial charge in [0, 0.05) is 12.8 Å². The average Bonchev–Trinajstić information content (AvgIpc) is 3.46. The van der Waals surface area contributed by atoms with Crippen LogP contribution in [0, 0.1) is 0 Å². The van der Waals surface area contributed by atoms with Crippen molar-refractivity contribution in [2.45, 2.75) is 347 Å².